The molecule has 4 rings (SSSR count). The van der Waals surface area contributed by atoms with Gasteiger partial charge in [0, 0.05) is 6.54 Å². The van der Waals surface area contributed by atoms with Gasteiger partial charge in [-0.1, -0.05) is 53.7 Å². The molecule has 8 nitrogen and oxygen atoms in total. The molecule has 0 spiro atoms. The Kier molecular flexibility index (Phi) is 4.44. The zero-order valence-electron chi connectivity index (χ0n) is 14.3. The molecule has 2 aromatic carbocycles. The van der Waals surface area contributed by atoms with E-state index in [4.69, 9.17) is 0 Å². The maximum absolute atomic E-state index is 12.6. The number of aromatic nitrogens is 5. The molecule has 0 saturated heterocycles. The van der Waals surface area contributed by atoms with E-state index in [1.807, 2.05) is 60.7 Å². The lowest BCUT2D eigenvalue weighted by atomic mass is 10.2. The van der Waals surface area contributed by atoms with Crippen LogP contribution in [0.1, 0.15) is 5.56 Å². The molecule has 0 radical (unpaired) electrons. The number of rotatable bonds is 5. The van der Waals surface area contributed by atoms with E-state index in [2.05, 4.69) is 20.7 Å². The van der Waals surface area contributed by atoms with Crippen molar-refractivity contribution in [2.24, 2.45) is 0 Å². The SMILES string of the molecule is O=C(Cn1nnc2c(cnn2-c2ccccc2)c1=O)NCc1ccccc1. The summed E-state index contributed by atoms with van der Waals surface area (Å²) in [6, 6.07) is 18.9. The molecule has 8 heteroatoms. The van der Waals surface area contributed by atoms with Gasteiger partial charge in [-0.25, -0.2) is 9.36 Å². The van der Waals surface area contributed by atoms with Gasteiger partial charge in [0.25, 0.3) is 5.56 Å². The first kappa shape index (κ1) is 16.6. The lowest BCUT2D eigenvalue weighted by molar-refractivity contribution is -0.122. The molecule has 0 aliphatic carbocycles. The molecule has 27 heavy (non-hydrogen) atoms. The highest BCUT2D eigenvalue weighted by atomic mass is 16.2. The number of hydrogen-bond donors (Lipinski definition) is 1. The quantitative estimate of drug-likeness (QED) is 0.579. The topological polar surface area (TPSA) is 94.7 Å². The molecular formula is C19H16N6O2. The highest BCUT2D eigenvalue weighted by molar-refractivity contribution is 5.77. The summed E-state index contributed by atoms with van der Waals surface area (Å²) in [4.78, 5) is 24.8. The highest BCUT2D eigenvalue weighted by Gasteiger charge is 2.14. The van der Waals surface area contributed by atoms with E-state index in [0.717, 1.165) is 15.9 Å². The van der Waals surface area contributed by atoms with Gasteiger partial charge < -0.3 is 5.32 Å². The number of carbonyl (C=O) groups excluding carboxylic acids is 1. The van der Waals surface area contributed by atoms with Gasteiger partial charge in [-0.15, -0.1) is 5.10 Å². The van der Waals surface area contributed by atoms with Crippen LogP contribution in [0.25, 0.3) is 16.7 Å². The fourth-order valence-corrected chi connectivity index (χ4v) is 2.72. The maximum Gasteiger partial charge on any atom is 0.281 e. The fraction of sp³-hybridized carbons (Fsp3) is 0.105. The first-order chi connectivity index (χ1) is 13.2. The summed E-state index contributed by atoms with van der Waals surface area (Å²) in [5.41, 5.74) is 1.70. The average molecular weight is 360 g/mol. The van der Waals surface area contributed by atoms with Gasteiger partial charge in [-0.2, -0.15) is 5.10 Å². The van der Waals surface area contributed by atoms with Crippen molar-refractivity contribution in [3.8, 4) is 5.69 Å². The van der Waals surface area contributed by atoms with Gasteiger partial charge in [0.15, 0.2) is 5.65 Å². The Balaban J connectivity index is 1.54. The Hall–Kier alpha value is -3.81. The highest BCUT2D eigenvalue weighted by Crippen LogP contribution is 2.12. The molecule has 0 aliphatic heterocycles. The third-order valence-electron chi connectivity index (χ3n) is 4.08. The number of hydrogen-bond acceptors (Lipinski definition) is 5. The molecule has 0 saturated carbocycles. The van der Waals surface area contributed by atoms with E-state index in [-0.39, 0.29) is 12.5 Å². The molecule has 1 N–H and O–H groups in total. The lowest BCUT2D eigenvalue weighted by Crippen LogP contribution is -2.34. The van der Waals surface area contributed by atoms with Crippen molar-refractivity contribution < 1.29 is 4.79 Å². The van der Waals surface area contributed by atoms with Gasteiger partial charge in [0.1, 0.15) is 11.9 Å². The molecule has 0 aliphatic rings. The predicted molar refractivity (Wildman–Crippen MR) is 99.2 cm³/mol. The van der Waals surface area contributed by atoms with Gasteiger partial charge in [-0.3, -0.25) is 9.59 Å². The second-order valence-corrected chi connectivity index (χ2v) is 5.94. The Bertz CT molecular complexity index is 1140. The third kappa shape index (κ3) is 3.45. The zero-order chi connectivity index (χ0) is 18.6. The Labute approximate surface area is 154 Å². The number of amides is 1. The summed E-state index contributed by atoms with van der Waals surface area (Å²) in [5.74, 6) is -0.315. The number of nitrogens with one attached hydrogen (secondary N) is 1. The molecule has 2 heterocycles. The van der Waals surface area contributed by atoms with Crippen LogP contribution in [0.4, 0.5) is 0 Å². The molecular weight excluding hydrogens is 344 g/mol. The van der Waals surface area contributed by atoms with Crippen LogP contribution in [0.2, 0.25) is 0 Å². The molecule has 1 amide bonds. The minimum Gasteiger partial charge on any atom is -0.350 e. The van der Waals surface area contributed by atoms with Crippen LogP contribution < -0.4 is 10.9 Å². The summed E-state index contributed by atoms with van der Waals surface area (Å²) in [7, 11) is 0. The second kappa shape index (κ2) is 7.20. The van der Waals surface area contributed by atoms with E-state index in [9.17, 15) is 9.59 Å². The van der Waals surface area contributed by atoms with Gasteiger partial charge >= 0.3 is 0 Å². The first-order valence-corrected chi connectivity index (χ1v) is 8.40. The number of fused-ring (bicyclic) bond motifs is 1. The minimum atomic E-state index is -0.406. The molecule has 2 aromatic heterocycles. The largest absolute Gasteiger partial charge is 0.350 e. The van der Waals surface area contributed by atoms with Crippen LogP contribution in [-0.4, -0.2) is 30.7 Å². The number of carbonyl (C=O) groups is 1. The Morgan fingerprint density at radius 1 is 1.00 bits per heavy atom. The van der Waals surface area contributed by atoms with Crippen LogP contribution >= 0.6 is 0 Å². The van der Waals surface area contributed by atoms with Crippen molar-refractivity contribution in [2.45, 2.75) is 13.1 Å². The van der Waals surface area contributed by atoms with Crippen molar-refractivity contribution >= 4 is 16.9 Å². The number of nitrogens with zero attached hydrogens (tertiary/aromatic N) is 5. The standard InChI is InChI=1S/C19H16N6O2/c26-17(20-11-14-7-3-1-4-8-14)13-24-19(27)16-12-21-25(18(16)22-23-24)15-9-5-2-6-10-15/h1-10,12H,11,13H2,(H,20,26). The molecule has 0 bridgehead atoms. The van der Waals surface area contributed by atoms with E-state index in [0.29, 0.717) is 17.6 Å². The van der Waals surface area contributed by atoms with Crippen LogP contribution in [0.5, 0.6) is 0 Å². The van der Waals surface area contributed by atoms with Crippen molar-refractivity contribution in [3.05, 3.63) is 82.8 Å². The Morgan fingerprint density at radius 3 is 2.44 bits per heavy atom. The lowest BCUT2D eigenvalue weighted by Gasteiger charge is -2.06. The van der Waals surface area contributed by atoms with Crippen LogP contribution in [0, 0.1) is 0 Å². The Morgan fingerprint density at radius 2 is 1.70 bits per heavy atom. The second-order valence-electron chi connectivity index (χ2n) is 5.94. The van der Waals surface area contributed by atoms with Crippen molar-refractivity contribution in [2.75, 3.05) is 0 Å². The van der Waals surface area contributed by atoms with Crippen molar-refractivity contribution in [3.63, 3.8) is 0 Å². The minimum absolute atomic E-state index is 0.203. The van der Waals surface area contributed by atoms with E-state index in [1.54, 1.807) is 4.68 Å². The molecule has 134 valence electrons. The van der Waals surface area contributed by atoms with Crippen LogP contribution in [0.3, 0.4) is 0 Å². The third-order valence-corrected chi connectivity index (χ3v) is 4.08. The van der Waals surface area contributed by atoms with Crippen molar-refractivity contribution in [1.82, 2.24) is 30.1 Å². The monoisotopic (exact) mass is 360 g/mol. The molecule has 0 unspecified atom stereocenters. The van der Waals surface area contributed by atoms with E-state index >= 15 is 0 Å². The van der Waals surface area contributed by atoms with Gasteiger partial charge in [-0.05, 0) is 17.7 Å². The maximum atomic E-state index is 12.6. The zero-order valence-corrected chi connectivity index (χ0v) is 14.3. The average Bonchev–Trinajstić information content (AvgIpc) is 3.15. The van der Waals surface area contributed by atoms with Gasteiger partial charge in [0.05, 0.1) is 11.9 Å². The van der Waals surface area contributed by atoms with Gasteiger partial charge in [0.2, 0.25) is 5.91 Å². The number of para-hydroxylation sites is 1. The summed E-state index contributed by atoms with van der Waals surface area (Å²) in [5, 5.41) is 15.3. The smallest absolute Gasteiger partial charge is 0.281 e. The molecule has 0 fully saturated rings. The summed E-state index contributed by atoms with van der Waals surface area (Å²) < 4.78 is 2.59. The summed E-state index contributed by atoms with van der Waals surface area (Å²) >= 11 is 0. The summed E-state index contributed by atoms with van der Waals surface area (Å²) in [6.45, 7) is 0.182. The van der Waals surface area contributed by atoms with E-state index < -0.39 is 5.56 Å². The predicted octanol–water partition coefficient (Wildman–Crippen LogP) is 1.29. The fourth-order valence-electron chi connectivity index (χ4n) is 2.72. The normalized spacial score (nSPS) is 10.8. The van der Waals surface area contributed by atoms with E-state index in [1.165, 1.54) is 6.20 Å². The molecule has 0 atom stereocenters. The first-order valence-electron chi connectivity index (χ1n) is 8.40. The van der Waals surface area contributed by atoms with Crippen LogP contribution in [0.15, 0.2) is 71.7 Å². The molecule has 4 aromatic rings. The number of benzene rings is 2. The van der Waals surface area contributed by atoms with Crippen molar-refractivity contribution in [1.29, 1.82) is 0 Å². The van der Waals surface area contributed by atoms with Crippen LogP contribution in [-0.2, 0) is 17.9 Å². The summed E-state index contributed by atoms with van der Waals surface area (Å²) in [6.07, 6.45) is 1.44.